The molecule has 1 aliphatic rings. The number of anilines is 2. The summed E-state index contributed by atoms with van der Waals surface area (Å²) in [5, 5.41) is 2.32. The average molecular weight is 463 g/mol. The fraction of sp³-hybridized carbons (Fsp3) is 0. The summed E-state index contributed by atoms with van der Waals surface area (Å²) in [6.45, 7) is 0. The van der Waals surface area contributed by atoms with Gasteiger partial charge in [-0.3, -0.25) is 9.59 Å². The third-order valence-electron chi connectivity index (χ3n) is 4.07. The Hall–Kier alpha value is -3.28. The fourth-order valence-corrected chi connectivity index (χ4v) is 5.15. The molecule has 4 amide bonds. The van der Waals surface area contributed by atoms with Crippen molar-refractivity contribution in [2.75, 3.05) is 10.2 Å². The summed E-state index contributed by atoms with van der Waals surface area (Å²) in [6.07, 6.45) is 1.20. The van der Waals surface area contributed by atoms with Gasteiger partial charge in [0.2, 0.25) is 0 Å². The number of thiophene rings is 1. The zero-order valence-electron chi connectivity index (χ0n) is 14.8. The van der Waals surface area contributed by atoms with Gasteiger partial charge in [0, 0.05) is 0 Å². The van der Waals surface area contributed by atoms with Crippen LogP contribution >= 0.6 is 22.9 Å². The molecule has 2 aromatic heterocycles. The summed E-state index contributed by atoms with van der Waals surface area (Å²) in [5.74, 6) is -0.919. The number of hydrogen-bond acceptors (Lipinski definition) is 7. The molecule has 30 heavy (non-hydrogen) atoms. The molecule has 4 rings (SSSR count). The topological polar surface area (TPSA) is 126 Å². The minimum atomic E-state index is -4.07. The van der Waals surface area contributed by atoms with Gasteiger partial charge < -0.3 is 5.32 Å². The molecule has 0 unspecified atom stereocenters. The Morgan fingerprint density at radius 3 is 2.20 bits per heavy atom. The number of fused-ring (bicyclic) bond motifs is 1. The predicted octanol–water partition coefficient (Wildman–Crippen LogP) is 3.11. The quantitative estimate of drug-likeness (QED) is 0.574. The Kier molecular flexibility index (Phi) is 5.02. The largest absolute Gasteiger partial charge is 0.333 e. The number of amides is 4. The van der Waals surface area contributed by atoms with Gasteiger partial charge >= 0.3 is 6.03 Å². The van der Waals surface area contributed by atoms with Crippen LogP contribution in [0.2, 0.25) is 4.34 Å². The van der Waals surface area contributed by atoms with E-state index in [1.54, 1.807) is 24.3 Å². The molecule has 152 valence electrons. The fourth-order valence-electron chi connectivity index (χ4n) is 2.76. The van der Waals surface area contributed by atoms with Crippen molar-refractivity contribution in [1.29, 1.82) is 0 Å². The lowest BCUT2D eigenvalue weighted by molar-refractivity contribution is 0.0925. The van der Waals surface area contributed by atoms with E-state index in [0.717, 1.165) is 16.2 Å². The van der Waals surface area contributed by atoms with E-state index in [-0.39, 0.29) is 31.2 Å². The van der Waals surface area contributed by atoms with Gasteiger partial charge in [0.25, 0.3) is 21.8 Å². The molecule has 1 aromatic carbocycles. The number of pyridine rings is 1. The highest BCUT2D eigenvalue weighted by Gasteiger charge is 2.37. The number of hydrogen-bond donors (Lipinski definition) is 2. The molecule has 3 aromatic rings. The van der Waals surface area contributed by atoms with Crippen molar-refractivity contribution >= 4 is 62.3 Å². The molecule has 0 atom stereocenters. The lowest BCUT2D eigenvalue weighted by atomic mass is 10.1. The van der Waals surface area contributed by atoms with E-state index in [0.29, 0.717) is 0 Å². The molecule has 2 N–H and O–H groups in total. The van der Waals surface area contributed by atoms with Gasteiger partial charge in [-0.1, -0.05) is 23.7 Å². The monoisotopic (exact) mass is 462 g/mol. The standard InChI is InChI=1S/C18H11ClN4O5S2/c19-13-6-8-15(29-13)30(27,28)22-18(26)21-10-5-7-14(20-9-10)23-16(24)11-3-1-2-4-12(11)17(23)25/h1-9H,(H2,21,22,26). The highest BCUT2D eigenvalue weighted by atomic mass is 35.5. The van der Waals surface area contributed by atoms with Gasteiger partial charge in [0.1, 0.15) is 10.0 Å². The van der Waals surface area contributed by atoms with E-state index in [2.05, 4.69) is 10.3 Å². The van der Waals surface area contributed by atoms with E-state index in [1.807, 2.05) is 4.72 Å². The maximum atomic E-state index is 12.5. The number of aromatic nitrogens is 1. The minimum absolute atomic E-state index is 0.0769. The zero-order valence-corrected chi connectivity index (χ0v) is 17.2. The molecule has 3 heterocycles. The molecular weight excluding hydrogens is 452 g/mol. The van der Waals surface area contributed by atoms with Crippen LogP contribution in [0.1, 0.15) is 20.7 Å². The molecule has 0 fully saturated rings. The Morgan fingerprint density at radius 1 is 1.00 bits per heavy atom. The first-order valence-corrected chi connectivity index (χ1v) is 11.0. The molecule has 0 saturated carbocycles. The van der Waals surface area contributed by atoms with Crippen molar-refractivity contribution in [2.24, 2.45) is 0 Å². The van der Waals surface area contributed by atoms with Gasteiger partial charge in [-0.25, -0.2) is 27.8 Å². The van der Waals surface area contributed by atoms with Crippen molar-refractivity contribution < 1.29 is 22.8 Å². The van der Waals surface area contributed by atoms with Crippen LogP contribution in [0.3, 0.4) is 0 Å². The van der Waals surface area contributed by atoms with E-state index in [4.69, 9.17) is 11.6 Å². The van der Waals surface area contributed by atoms with E-state index in [1.165, 1.54) is 30.5 Å². The summed E-state index contributed by atoms with van der Waals surface area (Å²) in [7, 11) is -4.07. The van der Waals surface area contributed by atoms with Gasteiger partial charge in [-0.15, -0.1) is 11.3 Å². The Morgan fingerprint density at radius 2 is 1.67 bits per heavy atom. The lowest BCUT2D eigenvalue weighted by Gasteiger charge is -2.13. The summed E-state index contributed by atoms with van der Waals surface area (Å²) in [4.78, 5) is 41.9. The number of imide groups is 1. The van der Waals surface area contributed by atoms with Crippen LogP contribution in [0.5, 0.6) is 0 Å². The first-order chi connectivity index (χ1) is 14.3. The number of sulfonamides is 1. The third-order valence-corrected chi connectivity index (χ3v) is 7.12. The van der Waals surface area contributed by atoms with E-state index >= 15 is 0 Å². The number of nitrogens with zero attached hydrogens (tertiary/aromatic N) is 2. The van der Waals surface area contributed by atoms with Gasteiger partial charge in [0.15, 0.2) is 0 Å². The second-order valence-corrected chi connectivity index (χ2v) is 9.64. The number of rotatable bonds is 4. The summed E-state index contributed by atoms with van der Waals surface area (Å²) < 4.78 is 26.3. The van der Waals surface area contributed by atoms with E-state index < -0.39 is 27.9 Å². The molecule has 1 aliphatic heterocycles. The first kappa shape index (κ1) is 20.0. The number of benzene rings is 1. The third kappa shape index (κ3) is 3.65. The van der Waals surface area contributed by atoms with Crippen molar-refractivity contribution in [3.63, 3.8) is 0 Å². The van der Waals surface area contributed by atoms with Gasteiger partial charge in [-0.05, 0) is 36.4 Å². The average Bonchev–Trinajstić information content (AvgIpc) is 3.25. The van der Waals surface area contributed by atoms with Crippen LogP contribution in [0.15, 0.2) is 58.9 Å². The van der Waals surface area contributed by atoms with Crippen LogP contribution < -0.4 is 14.9 Å². The Labute approximate surface area is 179 Å². The summed E-state index contributed by atoms with van der Waals surface area (Å²) in [5.41, 5.74) is 0.724. The number of nitrogens with one attached hydrogen (secondary N) is 2. The molecule has 0 radical (unpaired) electrons. The SMILES string of the molecule is O=C(Nc1ccc(N2C(=O)c3ccccc3C2=O)nc1)NS(=O)(=O)c1ccc(Cl)s1. The minimum Gasteiger partial charge on any atom is -0.306 e. The van der Waals surface area contributed by atoms with Gasteiger partial charge in [-0.2, -0.15) is 0 Å². The van der Waals surface area contributed by atoms with Crippen molar-refractivity contribution in [3.05, 3.63) is 70.2 Å². The summed E-state index contributed by atoms with van der Waals surface area (Å²) in [6, 6.07) is 10.9. The molecule has 0 saturated heterocycles. The van der Waals surface area contributed by atoms with Crippen molar-refractivity contribution in [2.45, 2.75) is 4.21 Å². The van der Waals surface area contributed by atoms with Crippen molar-refractivity contribution in [1.82, 2.24) is 9.71 Å². The van der Waals surface area contributed by atoms with Crippen LogP contribution in [-0.2, 0) is 10.0 Å². The van der Waals surface area contributed by atoms with E-state index in [9.17, 15) is 22.8 Å². The Balaban J connectivity index is 1.46. The number of urea groups is 1. The molecular formula is C18H11ClN4O5S2. The van der Waals surface area contributed by atoms with Crippen LogP contribution in [0.25, 0.3) is 0 Å². The van der Waals surface area contributed by atoms with Crippen LogP contribution in [-0.4, -0.2) is 31.2 Å². The van der Waals surface area contributed by atoms with Crippen LogP contribution in [0.4, 0.5) is 16.3 Å². The highest BCUT2D eigenvalue weighted by molar-refractivity contribution is 7.92. The highest BCUT2D eigenvalue weighted by Crippen LogP contribution is 2.28. The molecule has 12 heteroatoms. The van der Waals surface area contributed by atoms with Crippen LogP contribution in [0, 0.1) is 0 Å². The smallest absolute Gasteiger partial charge is 0.306 e. The second-order valence-electron chi connectivity index (χ2n) is 6.01. The second kappa shape index (κ2) is 7.52. The predicted molar refractivity (Wildman–Crippen MR) is 110 cm³/mol. The maximum Gasteiger partial charge on any atom is 0.333 e. The zero-order chi connectivity index (χ0) is 21.5. The number of carbonyl (C=O) groups is 3. The van der Waals surface area contributed by atoms with Gasteiger partial charge in [0.05, 0.1) is 27.3 Å². The van der Waals surface area contributed by atoms with Crippen molar-refractivity contribution in [3.8, 4) is 0 Å². The Bertz CT molecular complexity index is 1250. The normalized spacial score (nSPS) is 13.3. The first-order valence-electron chi connectivity index (χ1n) is 8.29. The number of carbonyl (C=O) groups excluding carboxylic acids is 3. The molecule has 0 spiro atoms. The lowest BCUT2D eigenvalue weighted by Crippen LogP contribution is -2.34. The summed E-state index contributed by atoms with van der Waals surface area (Å²) >= 11 is 6.52. The molecule has 9 nitrogen and oxygen atoms in total. The molecule has 0 bridgehead atoms. The molecule has 0 aliphatic carbocycles. The maximum absolute atomic E-state index is 12.5. The number of halogens is 1.